The first-order valence-corrected chi connectivity index (χ1v) is 6.87. The number of hydrogen-bond donors (Lipinski definition) is 1. The Bertz CT molecular complexity index is 681. The Morgan fingerprint density at radius 3 is 3.00 bits per heavy atom. The molecule has 0 atom stereocenters. The number of rotatable bonds is 3. The van der Waals surface area contributed by atoms with E-state index in [9.17, 15) is 0 Å². The van der Waals surface area contributed by atoms with Crippen molar-refractivity contribution in [2.45, 2.75) is 19.9 Å². The molecular formula is C14H14BrN3. The molecule has 2 heterocycles. The SMILES string of the molecule is CCCn1cnc(Br)c1-c1c[nH]c2ccccc12. The van der Waals surface area contributed by atoms with E-state index in [2.05, 4.69) is 61.8 Å². The molecule has 18 heavy (non-hydrogen) atoms. The van der Waals surface area contributed by atoms with Crippen LogP contribution >= 0.6 is 15.9 Å². The summed E-state index contributed by atoms with van der Waals surface area (Å²) < 4.78 is 3.10. The van der Waals surface area contributed by atoms with Crippen molar-refractivity contribution < 1.29 is 0 Å². The number of imidazole rings is 1. The average Bonchev–Trinajstić information content (AvgIpc) is 2.94. The summed E-state index contributed by atoms with van der Waals surface area (Å²) in [6.45, 7) is 3.15. The van der Waals surface area contributed by atoms with Gasteiger partial charge in [0.25, 0.3) is 0 Å². The summed E-state index contributed by atoms with van der Waals surface area (Å²) in [5.41, 5.74) is 3.50. The van der Waals surface area contributed by atoms with Crippen LogP contribution < -0.4 is 0 Å². The monoisotopic (exact) mass is 303 g/mol. The number of nitrogens with one attached hydrogen (secondary N) is 1. The second-order valence-electron chi connectivity index (χ2n) is 4.33. The molecule has 0 saturated carbocycles. The number of nitrogens with zero attached hydrogens (tertiary/aromatic N) is 2. The fourth-order valence-corrected chi connectivity index (χ4v) is 2.83. The molecule has 3 rings (SSSR count). The molecule has 0 unspecified atom stereocenters. The van der Waals surface area contributed by atoms with Gasteiger partial charge in [-0.05, 0) is 28.4 Å². The largest absolute Gasteiger partial charge is 0.360 e. The third-order valence-corrected chi connectivity index (χ3v) is 3.68. The van der Waals surface area contributed by atoms with Crippen LogP contribution in [-0.2, 0) is 6.54 Å². The van der Waals surface area contributed by atoms with Crippen LogP contribution in [0.25, 0.3) is 22.2 Å². The highest BCUT2D eigenvalue weighted by Crippen LogP contribution is 2.33. The predicted octanol–water partition coefficient (Wildman–Crippen LogP) is 4.20. The van der Waals surface area contributed by atoms with Crippen molar-refractivity contribution in [3.8, 4) is 11.3 Å². The number of benzene rings is 1. The standard InChI is InChI=1S/C14H14BrN3/c1-2-7-18-9-17-14(15)13(18)11-8-16-12-6-4-3-5-10(11)12/h3-6,8-9,16H,2,7H2,1H3. The molecule has 1 N–H and O–H groups in total. The number of halogens is 1. The lowest BCUT2D eigenvalue weighted by molar-refractivity contribution is 0.684. The van der Waals surface area contributed by atoms with E-state index < -0.39 is 0 Å². The molecule has 0 saturated heterocycles. The molecule has 4 heteroatoms. The van der Waals surface area contributed by atoms with Crippen LogP contribution in [0.2, 0.25) is 0 Å². The van der Waals surface area contributed by atoms with Crippen molar-refractivity contribution in [1.82, 2.24) is 14.5 Å². The van der Waals surface area contributed by atoms with Gasteiger partial charge in [0.1, 0.15) is 4.60 Å². The van der Waals surface area contributed by atoms with Crippen LogP contribution in [0.5, 0.6) is 0 Å². The van der Waals surface area contributed by atoms with Gasteiger partial charge in [-0.25, -0.2) is 4.98 Å². The van der Waals surface area contributed by atoms with Crippen LogP contribution in [0.15, 0.2) is 41.4 Å². The maximum atomic E-state index is 4.36. The quantitative estimate of drug-likeness (QED) is 0.773. The molecule has 0 spiro atoms. The average molecular weight is 304 g/mol. The van der Waals surface area contributed by atoms with Gasteiger partial charge in [-0.2, -0.15) is 0 Å². The molecule has 0 bridgehead atoms. The van der Waals surface area contributed by atoms with E-state index in [1.54, 1.807) is 0 Å². The molecule has 0 aliphatic heterocycles. The summed E-state index contributed by atoms with van der Waals surface area (Å²) in [6, 6.07) is 8.33. The van der Waals surface area contributed by atoms with Gasteiger partial charge in [0, 0.05) is 29.2 Å². The van der Waals surface area contributed by atoms with Gasteiger partial charge in [-0.1, -0.05) is 25.1 Å². The minimum Gasteiger partial charge on any atom is -0.360 e. The van der Waals surface area contributed by atoms with Crippen LogP contribution in [-0.4, -0.2) is 14.5 Å². The molecular weight excluding hydrogens is 290 g/mol. The normalized spacial score (nSPS) is 11.2. The first-order valence-electron chi connectivity index (χ1n) is 6.08. The number of aromatic nitrogens is 3. The lowest BCUT2D eigenvalue weighted by atomic mass is 10.1. The lowest BCUT2D eigenvalue weighted by Crippen LogP contribution is -1.97. The van der Waals surface area contributed by atoms with Gasteiger partial charge in [-0.15, -0.1) is 0 Å². The van der Waals surface area contributed by atoms with E-state index in [1.165, 1.54) is 10.9 Å². The topological polar surface area (TPSA) is 33.6 Å². The second-order valence-corrected chi connectivity index (χ2v) is 5.08. The highest BCUT2D eigenvalue weighted by molar-refractivity contribution is 9.10. The third-order valence-electron chi connectivity index (χ3n) is 3.10. The molecule has 3 nitrogen and oxygen atoms in total. The van der Waals surface area contributed by atoms with Crippen molar-refractivity contribution in [2.75, 3.05) is 0 Å². The Kier molecular flexibility index (Phi) is 2.96. The van der Waals surface area contributed by atoms with E-state index in [4.69, 9.17) is 0 Å². The number of aromatic amines is 1. The lowest BCUT2D eigenvalue weighted by Gasteiger charge is -2.06. The third kappa shape index (κ3) is 1.77. The highest BCUT2D eigenvalue weighted by atomic mass is 79.9. The highest BCUT2D eigenvalue weighted by Gasteiger charge is 2.14. The summed E-state index contributed by atoms with van der Waals surface area (Å²) in [7, 11) is 0. The molecule has 2 aromatic heterocycles. The summed E-state index contributed by atoms with van der Waals surface area (Å²) in [4.78, 5) is 7.67. The fourth-order valence-electron chi connectivity index (χ4n) is 2.30. The Labute approximate surface area is 114 Å². The number of aryl methyl sites for hydroxylation is 1. The summed E-state index contributed by atoms with van der Waals surface area (Å²) in [5.74, 6) is 0. The number of hydrogen-bond acceptors (Lipinski definition) is 1. The molecule has 92 valence electrons. The van der Waals surface area contributed by atoms with Gasteiger partial charge in [0.05, 0.1) is 12.0 Å². The number of para-hydroxylation sites is 1. The van der Waals surface area contributed by atoms with Gasteiger partial charge in [0.15, 0.2) is 0 Å². The van der Waals surface area contributed by atoms with Gasteiger partial charge in [-0.3, -0.25) is 0 Å². The first kappa shape index (κ1) is 11.5. The van der Waals surface area contributed by atoms with Crippen molar-refractivity contribution in [3.63, 3.8) is 0 Å². The second kappa shape index (κ2) is 4.61. The number of fused-ring (bicyclic) bond motifs is 1. The maximum Gasteiger partial charge on any atom is 0.132 e. The molecule has 0 aliphatic rings. The molecule has 0 aliphatic carbocycles. The smallest absolute Gasteiger partial charge is 0.132 e. The van der Waals surface area contributed by atoms with Gasteiger partial charge in [0.2, 0.25) is 0 Å². The van der Waals surface area contributed by atoms with Crippen molar-refractivity contribution in [3.05, 3.63) is 41.4 Å². The molecule has 3 aromatic rings. The van der Waals surface area contributed by atoms with E-state index in [0.29, 0.717) is 0 Å². The summed E-state index contributed by atoms with van der Waals surface area (Å²) in [5, 5.41) is 1.23. The zero-order chi connectivity index (χ0) is 12.5. The summed E-state index contributed by atoms with van der Waals surface area (Å²) in [6.07, 6.45) is 5.04. The van der Waals surface area contributed by atoms with Crippen LogP contribution in [0.1, 0.15) is 13.3 Å². The van der Waals surface area contributed by atoms with Crippen LogP contribution in [0, 0.1) is 0 Å². The van der Waals surface area contributed by atoms with E-state index in [0.717, 1.165) is 28.8 Å². The summed E-state index contributed by atoms with van der Waals surface area (Å²) >= 11 is 3.55. The minimum absolute atomic E-state index is 0.903. The zero-order valence-electron chi connectivity index (χ0n) is 10.2. The molecule has 0 radical (unpaired) electrons. The van der Waals surface area contributed by atoms with Crippen LogP contribution in [0.3, 0.4) is 0 Å². The Morgan fingerprint density at radius 1 is 1.33 bits per heavy atom. The van der Waals surface area contributed by atoms with Crippen LogP contribution in [0.4, 0.5) is 0 Å². The molecule has 1 aromatic carbocycles. The Balaban J connectivity index is 2.22. The molecule has 0 amide bonds. The predicted molar refractivity (Wildman–Crippen MR) is 77.5 cm³/mol. The Hall–Kier alpha value is -1.55. The van der Waals surface area contributed by atoms with Gasteiger partial charge >= 0.3 is 0 Å². The maximum absolute atomic E-state index is 4.36. The minimum atomic E-state index is 0.903. The van der Waals surface area contributed by atoms with E-state index in [1.807, 2.05) is 12.4 Å². The first-order chi connectivity index (χ1) is 8.81. The Morgan fingerprint density at radius 2 is 2.17 bits per heavy atom. The fraction of sp³-hybridized carbons (Fsp3) is 0.214. The number of H-pyrrole nitrogens is 1. The zero-order valence-corrected chi connectivity index (χ0v) is 11.7. The van der Waals surface area contributed by atoms with Crippen molar-refractivity contribution >= 4 is 26.8 Å². The molecule has 0 fully saturated rings. The van der Waals surface area contributed by atoms with Gasteiger partial charge < -0.3 is 9.55 Å². The van der Waals surface area contributed by atoms with Crippen molar-refractivity contribution in [2.24, 2.45) is 0 Å². The van der Waals surface area contributed by atoms with E-state index >= 15 is 0 Å². The van der Waals surface area contributed by atoms with E-state index in [-0.39, 0.29) is 0 Å². The van der Waals surface area contributed by atoms with Crippen molar-refractivity contribution in [1.29, 1.82) is 0 Å².